The van der Waals surface area contributed by atoms with Crippen LogP contribution < -0.4 is 10.4 Å². The van der Waals surface area contributed by atoms with Crippen LogP contribution in [0, 0.1) is 6.92 Å². The summed E-state index contributed by atoms with van der Waals surface area (Å²) >= 11 is 0. The fourth-order valence-corrected chi connectivity index (χ4v) is 3.01. The third kappa shape index (κ3) is 4.74. The van der Waals surface area contributed by atoms with Crippen LogP contribution in [0.5, 0.6) is 5.88 Å². The molecule has 0 radical (unpaired) electrons. The number of aryl methyl sites for hydroxylation is 2. The van der Waals surface area contributed by atoms with Crippen LogP contribution >= 0.6 is 0 Å². The zero-order valence-corrected chi connectivity index (χ0v) is 16.5. The minimum atomic E-state index is -1.40. The predicted molar refractivity (Wildman–Crippen MR) is 106 cm³/mol. The largest absolute Gasteiger partial charge is 0.472 e. The number of hydrogen-bond donors (Lipinski definition) is 0. The molecule has 5 nitrogen and oxygen atoms in total. The standard InChI is InChI=1S/C22H25FN2O3/c1-4-5-6-7-17-12-18(26)28-22-19(17)21(24-20(25-22)15(3)23)27-13-16-10-8-14(2)9-11-16/h8-12,15H,4-7,13H2,1-3H3. The van der Waals surface area contributed by atoms with Crippen molar-refractivity contribution in [1.29, 1.82) is 0 Å². The van der Waals surface area contributed by atoms with Gasteiger partial charge in [-0.25, -0.2) is 9.18 Å². The van der Waals surface area contributed by atoms with Gasteiger partial charge in [0.15, 0.2) is 12.0 Å². The monoisotopic (exact) mass is 384 g/mol. The van der Waals surface area contributed by atoms with E-state index >= 15 is 0 Å². The summed E-state index contributed by atoms with van der Waals surface area (Å²) < 4.78 is 25.1. The summed E-state index contributed by atoms with van der Waals surface area (Å²) in [4.78, 5) is 20.4. The Morgan fingerprint density at radius 2 is 1.93 bits per heavy atom. The Labute approximate surface area is 163 Å². The first-order chi connectivity index (χ1) is 13.5. The lowest BCUT2D eigenvalue weighted by atomic mass is 10.1. The highest BCUT2D eigenvalue weighted by molar-refractivity contribution is 5.82. The van der Waals surface area contributed by atoms with Gasteiger partial charge in [0.05, 0.1) is 0 Å². The number of benzene rings is 1. The number of fused-ring (bicyclic) bond motifs is 1. The van der Waals surface area contributed by atoms with Crippen molar-refractivity contribution in [1.82, 2.24) is 9.97 Å². The quantitative estimate of drug-likeness (QED) is 0.497. The van der Waals surface area contributed by atoms with Crippen molar-refractivity contribution in [3.8, 4) is 5.88 Å². The molecule has 0 saturated carbocycles. The van der Waals surface area contributed by atoms with Crippen molar-refractivity contribution >= 4 is 11.1 Å². The van der Waals surface area contributed by atoms with Gasteiger partial charge < -0.3 is 9.15 Å². The van der Waals surface area contributed by atoms with Gasteiger partial charge in [0.1, 0.15) is 12.0 Å². The highest BCUT2D eigenvalue weighted by atomic mass is 19.1. The molecule has 0 bridgehead atoms. The summed E-state index contributed by atoms with van der Waals surface area (Å²) in [6, 6.07) is 9.40. The average Bonchev–Trinajstić information content (AvgIpc) is 2.66. The van der Waals surface area contributed by atoms with Crippen LogP contribution in [0.15, 0.2) is 39.5 Å². The van der Waals surface area contributed by atoms with Gasteiger partial charge in [-0.15, -0.1) is 0 Å². The molecule has 0 aliphatic rings. The van der Waals surface area contributed by atoms with Crippen molar-refractivity contribution in [2.75, 3.05) is 0 Å². The van der Waals surface area contributed by atoms with E-state index in [2.05, 4.69) is 16.9 Å². The van der Waals surface area contributed by atoms with Crippen LogP contribution in [0.1, 0.15) is 61.8 Å². The highest BCUT2D eigenvalue weighted by Gasteiger charge is 2.19. The second-order valence-electron chi connectivity index (χ2n) is 7.01. The molecular weight excluding hydrogens is 359 g/mol. The highest BCUT2D eigenvalue weighted by Crippen LogP contribution is 2.29. The lowest BCUT2D eigenvalue weighted by Gasteiger charge is -2.13. The third-order valence-electron chi connectivity index (χ3n) is 4.57. The molecule has 1 atom stereocenters. The molecule has 1 aromatic carbocycles. The van der Waals surface area contributed by atoms with E-state index in [0.717, 1.165) is 36.0 Å². The Morgan fingerprint density at radius 1 is 1.18 bits per heavy atom. The molecule has 2 heterocycles. The minimum Gasteiger partial charge on any atom is -0.472 e. The number of ether oxygens (including phenoxy) is 1. The average molecular weight is 384 g/mol. The van der Waals surface area contributed by atoms with Gasteiger partial charge in [-0.3, -0.25) is 0 Å². The topological polar surface area (TPSA) is 65.2 Å². The maximum Gasteiger partial charge on any atom is 0.337 e. The smallest absolute Gasteiger partial charge is 0.337 e. The number of halogens is 1. The van der Waals surface area contributed by atoms with Gasteiger partial charge in [0.2, 0.25) is 11.6 Å². The van der Waals surface area contributed by atoms with Crippen molar-refractivity contribution in [2.45, 2.75) is 59.2 Å². The lowest BCUT2D eigenvalue weighted by molar-refractivity contribution is 0.288. The number of alkyl halides is 1. The van der Waals surface area contributed by atoms with E-state index in [1.165, 1.54) is 13.0 Å². The molecule has 1 unspecified atom stereocenters. The van der Waals surface area contributed by atoms with Crippen LogP contribution in [-0.2, 0) is 13.0 Å². The number of hydrogen-bond acceptors (Lipinski definition) is 5. The van der Waals surface area contributed by atoms with Gasteiger partial charge in [0.25, 0.3) is 0 Å². The fourth-order valence-electron chi connectivity index (χ4n) is 3.01. The van der Waals surface area contributed by atoms with Crippen molar-refractivity contribution in [3.63, 3.8) is 0 Å². The van der Waals surface area contributed by atoms with E-state index in [1.54, 1.807) is 0 Å². The predicted octanol–water partition coefficient (Wildman–Crippen LogP) is 5.23. The molecular formula is C22H25FN2O3. The Morgan fingerprint density at radius 3 is 2.61 bits per heavy atom. The van der Waals surface area contributed by atoms with E-state index in [4.69, 9.17) is 9.15 Å². The lowest BCUT2D eigenvalue weighted by Crippen LogP contribution is -2.08. The molecule has 0 aliphatic heterocycles. The van der Waals surface area contributed by atoms with Crippen LogP contribution in [0.3, 0.4) is 0 Å². The summed E-state index contributed by atoms with van der Waals surface area (Å²) in [6.45, 7) is 5.75. The maximum atomic E-state index is 13.9. The molecule has 3 aromatic rings. The van der Waals surface area contributed by atoms with E-state index in [-0.39, 0.29) is 24.0 Å². The SMILES string of the molecule is CCCCCc1cc(=O)oc2nc(C(C)F)nc(OCc3ccc(C)cc3)c12. The molecule has 0 saturated heterocycles. The number of rotatable bonds is 8. The normalized spacial score (nSPS) is 12.3. The van der Waals surface area contributed by atoms with Crippen molar-refractivity contribution < 1.29 is 13.5 Å². The van der Waals surface area contributed by atoms with Crippen LogP contribution in [0.4, 0.5) is 4.39 Å². The van der Waals surface area contributed by atoms with Gasteiger partial charge >= 0.3 is 5.63 Å². The van der Waals surface area contributed by atoms with Crippen LogP contribution in [0.2, 0.25) is 0 Å². The molecule has 0 aliphatic carbocycles. The van der Waals surface area contributed by atoms with Crippen LogP contribution in [-0.4, -0.2) is 9.97 Å². The first-order valence-electron chi connectivity index (χ1n) is 9.65. The number of unbranched alkanes of at least 4 members (excludes halogenated alkanes) is 2. The molecule has 2 aromatic heterocycles. The molecule has 28 heavy (non-hydrogen) atoms. The molecule has 3 rings (SSSR count). The Hall–Kier alpha value is -2.76. The summed E-state index contributed by atoms with van der Waals surface area (Å²) in [5.74, 6) is 0.195. The minimum absolute atomic E-state index is 0.0553. The van der Waals surface area contributed by atoms with E-state index in [1.807, 2.05) is 31.2 Å². The summed E-state index contributed by atoms with van der Waals surface area (Å²) in [5, 5.41) is 0.548. The number of aromatic nitrogens is 2. The van der Waals surface area contributed by atoms with E-state index in [0.29, 0.717) is 11.8 Å². The molecule has 148 valence electrons. The third-order valence-corrected chi connectivity index (χ3v) is 4.57. The summed E-state index contributed by atoms with van der Waals surface area (Å²) in [5.41, 5.74) is 2.48. The molecule has 6 heteroatoms. The summed E-state index contributed by atoms with van der Waals surface area (Å²) in [6.07, 6.45) is 2.32. The van der Waals surface area contributed by atoms with Crippen molar-refractivity contribution in [2.24, 2.45) is 0 Å². The maximum absolute atomic E-state index is 13.9. The first kappa shape index (κ1) is 20.0. The first-order valence-corrected chi connectivity index (χ1v) is 9.65. The molecule has 0 fully saturated rings. The van der Waals surface area contributed by atoms with Gasteiger partial charge in [-0.1, -0.05) is 49.6 Å². The second-order valence-corrected chi connectivity index (χ2v) is 7.01. The van der Waals surface area contributed by atoms with E-state index in [9.17, 15) is 9.18 Å². The van der Waals surface area contributed by atoms with Gasteiger partial charge in [-0.2, -0.15) is 9.97 Å². The Balaban J connectivity index is 2.03. The Kier molecular flexibility index (Phi) is 6.39. The molecule has 0 spiro atoms. The van der Waals surface area contributed by atoms with Crippen molar-refractivity contribution in [3.05, 3.63) is 63.3 Å². The molecule has 0 N–H and O–H groups in total. The molecule has 0 amide bonds. The Bertz CT molecular complexity index is 997. The second kappa shape index (κ2) is 8.95. The van der Waals surface area contributed by atoms with Gasteiger partial charge in [0, 0.05) is 6.07 Å². The van der Waals surface area contributed by atoms with Crippen LogP contribution in [0.25, 0.3) is 11.1 Å². The number of nitrogens with zero attached hydrogens (tertiary/aromatic N) is 2. The van der Waals surface area contributed by atoms with E-state index < -0.39 is 11.8 Å². The summed E-state index contributed by atoms with van der Waals surface area (Å²) in [7, 11) is 0. The fraction of sp³-hybridized carbons (Fsp3) is 0.409. The zero-order chi connectivity index (χ0) is 20.1. The van der Waals surface area contributed by atoms with Gasteiger partial charge in [-0.05, 0) is 37.8 Å². The zero-order valence-electron chi connectivity index (χ0n) is 16.5.